The Morgan fingerprint density at radius 2 is 1.92 bits per heavy atom. The molecule has 5 heteroatoms. The van der Waals surface area contributed by atoms with Crippen LogP contribution in [-0.2, 0) is 9.53 Å². The van der Waals surface area contributed by atoms with Gasteiger partial charge in [-0.05, 0) is 23.3 Å². The number of hydrogen-bond donors (Lipinski definition) is 1. The summed E-state index contributed by atoms with van der Waals surface area (Å²) in [7, 11) is 1.29. The molecule has 0 aliphatic heterocycles. The van der Waals surface area contributed by atoms with Crippen LogP contribution in [0, 0.1) is 6.92 Å². The molecule has 0 radical (unpaired) electrons. The highest BCUT2D eigenvalue weighted by Gasteiger charge is 2.27. The van der Waals surface area contributed by atoms with Crippen molar-refractivity contribution in [3.63, 3.8) is 0 Å². The van der Waals surface area contributed by atoms with Gasteiger partial charge >= 0.3 is 11.6 Å². The van der Waals surface area contributed by atoms with Gasteiger partial charge in [0.1, 0.15) is 11.5 Å². The van der Waals surface area contributed by atoms with Crippen molar-refractivity contribution in [2.75, 3.05) is 7.11 Å². The van der Waals surface area contributed by atoms with Crippen LogP contribution in [0.25, 0.3) is 10.8 Å². The smallest absolute Gasteiger partial charge is 0.343 e. The van der Waals surface area contributed by atoms with Crippen molar-refractivity contribution in [2.24, 2.45) is 0 Å². The fraction of sp³-hybridized carbons (Fsp3) is 0.200. The lowest BCUT2D eigenvalue weighted by Crippen LogP contribution is -2.18. The maximum Gasteiger partial charge on any atom is 0.343 e. The summed E-state index contributed by atoms with van der Waals surface area (Å²) in [6.45, 7) is 1.58. The molecule has 1 heterocycles. The lowest BCUT2D eigenvalue weighted by Gasteiger charge is -2.19. The number of methoxy groups -OCH3 is 1. The third kappa shape index (κ3) is 3.26. The Kier molecular flexibility index (Phi) is 4.57. The number of hydrogen-bond acceptors (Lipinski definition) is 5. The minimum atomic E-state index is -0.671. The number of fused-ring (bicyclic) bond motifs is 1. The zero-order chi connectivity index (χ0) is 18.0. The standard InChI is InChI=1S/C20H18O5/c1-12-10-17(21)19(20(23)25-12)16(11-18(22)24-2)15-9-5-7-13-6-3-4-8-14(13)15/h3-10,16,21H,11H2,1-2H3/t16-/m0/s1. The molecular formula is C20H18O5. The summed E-state index contributed by atoms with van der Waals surface area (Å²) < 4.78 is 9.94. The number of ether oxygens (including phenoxy) is 1. The van der Waals surface area contributed by atoms with E-state index in [2.05, 4.69) is 0 Å². The number of esters is 1. The Morgan fingerprint density at radius 3 is 2.64 bits per heavy atom. The summed E-state index contributed by atoms with van der Waals surface area (Å²) in [5, 5.41) is 12.2. The van der Waals surface area contributed by atoms with Gasteiger partial charge < -0.3 is 14.3 Å². The Labute approximate surface area is 144 Å². The van der Waals surface area contributed by atoms with Crippen LogP contribution in [0.2, 0.25) is 0 Å². The van der Waals surface area contributed by atoms with Crippen molar-refractivity contribution < 1.29 is 19.1 Å². The SMILES string of the molecule is COC(=O)C[C@H](c1c(O)cc(C)oc1=O)c1cccc2ccccc12. The molecule has 0 saturated heterocycles. The number of aryl methyl sites for hydroxylation is 1. The fourth-order valence-electron chi connectivity index (χ4n) is 3.10. The van der Waals surface area contributed by atoms with E-state index in [1.54, 1.807) is 6.92 Å². The van der Waals surface area contributed by atoms with Crippen LogP contribution < -0.4 is 5.63 Å². The molecule has 2 aromatic carbocycles. The molecule has 0 unspecified atom stereocenters. The average molecular weight is 338 g/mol. The van der Waals surface area contributed by atoms with E-state index in [4.69, 9.17) is 9.15 Å². The van der Waals surface area contributed by atoms with E-state index in [-0.39, 0.29) is 17.7 Å². The van der Waals surface area contributed by atoms with E-state index >= 15 is 0 Å². The topological polar surface area (TPSA) is 76.7 Å². The normalized spacial score (nSPS) is 12.1. The molecule has 0 amide bonds. The van der Waals surface area contributed by atoms with E-state index in [9.17, 15) is 14.7 Å². The van der Waals surface area contributed by atoms with E-state index < -0.39 is 17.5 Å². The number of benzene rings is 2. The van der Waals surface area contributed by atoms with Gasteiger partial charge in [0, 0.05) is 12.0 Å². The van der Waals surface area contributed by atoms with Gasteiger partial charge in [-0.25, -0.2) is 4.79 Å². The maximum atomic E-state index is 12.4. The van der Waals surface area contributed by atoms with Crippen LogP contribution in [0.1, 0.15) is 29.2 Å². The van der Waals surface area contributed by atoms with Crippen molar-refractivity contribution in [2.45, 2.75) is 19.3 Å². The van der Waals surface area contributed by atoms with Crippen LogP contribution in [0.4, 0.5) is 0 Å². The highest BCUT2D eigenvalue weighted by atomic mass is 16.5. The first-order valence-corrected chi connectivity index (χ1v) is 7.89. The molecule has 1 N–H and O–H groups in total. The highest BCUT2D eigenvalue weighted by molar-refractivity contribution is 5.87. The van der Waals surface area contributed by atoms with Crippen LogP contribution in [-0.4, -0.2) is 18.2 Å². The minimum Gasteiger partial charge on any atom is -0.507 e. The maximum absolute atomic E-state index is 12.4. The molecule has 25 heavy (non-hydrogen) atoms. The molecule has 0 bridgehead atoms. The molecular weight excluding hydrogens is 320 g/mol. The summed E-state index contributed by atoms with van der Waals surface area (Å²) in [5.41, 5.74) is 0.168. The van der Waals surface area contributed by atoms with Crippen molar-refractivity contribution in [1.82, 2.24) is 0 Å². The van der Waals surface area contributed by atoms with Crippen molar-refractivity contribution in [3.8, 4) is 5.75 Å². The predicted octanol–water partition coefficient (Wildman–Crippen LogP) is 3.50. The van der Waals surface area contributed by atoms with Gasteiger partial charge in [-0.1, -0.05) is 42.5 Å². The first kappa shape index (κ1) is 16.8. The summed E-state index contributed by atoms with van der Waals surface area (Å²) >= 11 is 0. The molecule has 1 atom stereocenters. The zero-order valence-electron chi connectivity index (χ0n) is 14.0. The average Bonchev–Trinajstić information content (AvgIpc) is 2.59. The molecule has 1 aromatic heterocycles. The fourth-order valence-corrected chi connectivity index (χ4v) is 3.10. The lowest BCUT2D eigenvalue weighted by atomic mass is 9.86. The third-order valence-corrected chi connectivity index (χ3v) is 4.24. The number of carbonyl (C=O) groups is 1. The van der Waals surface area contributed by atoms with Crippen molar-refractivity contribution in [3.05, 3.63) is 75.8 Å². The van der Waals surface area contributed by atoms with Crippen molar-refractivity contribution in [1.29, 1.82) is 0 Å². The van der Waals surface area contributed by atoms with Crippen LogP contribution >= 0.6 is 0 Å². The van der Waals surface area contributed by atoms with E-state index in [1.807, 2.05) is 42.5 Å². The van der Waals surface area contributed by atoms with Gasteiger partial charge in [0.05, 0.1) is 19.1 Å². The molecule has 0 aliphatic carbocycles. The Bertz CT molecular complexity index is 982. The number of aromatic hydroxyl groups is 1. The number of carbonyl (C=O) groups excluding carboxylic acids is 1. The van der Waals surface area contributed by atoms with E-state index in [0.29, 0.717) is 5.76 Å². The molecule has 3 rings (SSSR count). The summed E-state index contributed by atoms with van der Waals surface area (Å²) in [5.74, 6) is -1.02. The lowest BCUT2D eigenvalue weighted by molar-refractivity contribution is -0.140. The van der Waals surface area contributed by atoms with Crippen LogP contribution in [0.5, 0.6) is 5.75 Å². The largest absolute Gasteiger partial charge is 0.507 e. The number of rotatable bonds is 4. The molecule has 0 saturated carbocycles. The third-order valence-electron chi connectivity index (χ3n) is 4.24. The van der Waals surface area contributed by atoms with E-state index in [0.717, 1.165) is 16.3 Å². The second-order valence-electron chi connectivity index (χ2n) is 5.84. The van der Waals surface area contributed by atoms with Gasteiger partial charge in [-0.3, -0.25) is 4.79 Å². The summed E-state index contributed by atoms with van der Waals surface area (Å²) in [6, 6.07) is 14.7. The first-order valence-electron chi connectivity index (χ1n) is 7.89. The highest BCUT2D eigenvalue weighted by Crippen LogP contribution is 2.36. The molecule has 0 spiro atoms. The molecule has 3 aromatic rings. The Hall–Kier alpha value is -3.08. The van der Waals surface area contributed by atoms with Gasteiger partial charge in [-0.2, -0.15) is 0 Å². The van der Waals surface area contributed by atoms with Gasteiger partial charge in [-0.15, -0.1) is 0 Å². The minimum absolute atomic E-state index is 0.0624. The van der Waals surface area contributed by atoms with Gasteiger partial charge in [0.2, 0.25) is 0 Å². The summed E-state index contributed by atoms with van der Waals surface area (Å²) in [4.78, 5) is 24.4. The van der Waals surface area contributed by atoms with Crippen LogP contribution in [0.3, 0.4) is 0 Å². The second-order valence-corrected chi connectivity index (χ2v) is 5.84. The zero-order valence-corrected chi connectivity index (χ0v) is 14.0. The summed E-state index contributed by atoms with van der Waals surface area (Å²) in [6.07, 6.45) is -0.0775. The monoisotopic (exact) mass is 338 g/mol. The predicted molar refractivity (Wildman–Crippen MR) is 93.8 cm³/mol. The Balaban J connectivity index is 2.26. The molecule has 0 aliphatic rings. The van der Waals surface area contributed by atoms with Gasteiger partial charge in [0.25, 0.3) is 0 Å². The van der Waals surface area contributed by atoms with Gasteiger partial charge in [0.15, 0.2) is 0 Å². The molecule has 0 fully saturated rings. The van der Waals surface area contributed by atoms with Crippen molar-refractivity contribution >= 4 is 16.7 Å². The first-order chi connectivity index (χ1) is 12.0. The second kappa shape index (κ2) is 6.81. The quantitative estimate of drug-likeness (QED) is 0.737. The van der Waals surface area contributed by atoms with Crippen LogP contribution in [0.15, 0.2) is 57.7 Å². The molecule has 5 nitrogen and oxygen atoms in total. The Morgan fingerprint density at radius 1 is 1.20 bits per heavy atom. The van der Waals surface area contributed by atoms with E-state index in [1.165, 1.54) is 13.2 Å². The molecule has 128 valence electrons.